The molecular weight excluding hydrogens is 292 g/mol. The zero-order chi connectivity index (χ0) is 12.4. The summed E-state index contributed by atoms with van der Waals surface area (Å²) in [5.74, 6) is -0.288. The first-order chi connectivity index (χ1) is 8.08. The van der Waals surface area contributed by atoms with Crippen molar-refractivity contribution in [1.29, 1.82) is 0 Å². The highest BCUT2D eigenvalue weighted by molar-refractivity contribution is 9.10. The molecule has 0 aliphatic rings. The second-order valence-corrected chi connectivity index (χ2v) is 4.48. The van der Waals surface area contributed by atoms with Gasteiger partial charge in [0, 0.05) is 6.07 Å². The van der Waals surface area contributed by atoms with Crippen LogP contribution in [0.1, 0.15) is 11.3 Å². The standard InChI is InChI=1S/C12H10BrF2NO/c1-7-4-10(15)11(5-9(7)14)16-6-12-8(13)2-3-17-12/h2-5,16H,6H2,1H3. The van der Waals surface area contributed by atoms with Crippen molar-refractivity contribution < 1.29 is 13.2 Å². The second kappa shape index (κ2) is 4.87. The molecule has 1 N–H and O–H groups in total. The maximum absolute atomic E-state index is 13.5. The van der Waals surface area contributed by atoms with Gasteiger partial charge < -0.3 is 9.73 Å². The van der Waals surface area contributed by atoms with Crippen LogP contribution in [0.4, 0.5) is 14.5 Å². The van der Waals surface area contributed by atoms with E-state index in [1.165, 1.54) is 13.2 Å². The van der Waals surface area contributed by atoms with Gasteiger partial charge in [0.2, 0.25) is 0 Å². The van der Waals surface area contributed by atoms with Gasteiger partial charge in [-0.25, -0.2) is 8.78 Å². The molecule has 90 valence electrons. The number of hydrogen-bond donors (Lipinski definition) is 1. The quantitative estimate of drug-likeness (QED) is 0.917. The monoisotopic (exact) mass is 301 g/mol. The number of nitrogens with one attached hydrogen (secondary N) is 1. The number of benzene rings is 1. The van der Waals surface area contributed by atoms with Gasteiger partial charge in [-0.1, -0.05) is 0 Å². The smallest absolute Gasteiger partial charge is 0.146 e. The number of hydrogen-bond acceptors (Lipinski definition) is 2. The van der Waals surface area contributed by atoms with Gasteiger partial charge in [0.15, 0.2) is 0 Å². The van der Waals surface area contributed by atoms with E-state index in [1.54, 1.807) is 6.07 Å². The Kier molecular flexibility index (Phi) is 3.47. The number of rotatable bonds is 3. The van der Waals surface area contributed by atoms with Gasteiger partial charge in [-0.3, -0.25) is 0 Å². The largest absolute Gasteiger partial charge is 0.466 e. The molecule has 0 saturated heterocycles. The average Bonchev–Trinajstić information content (AvgIpc) is 2.68. The van der Waals surface area contributed by atoms with Crippen molar-refractivity contribution in [2.45, 2.75) is 13.5 Å². The third-order valence-electron chi connectivity index (χ3n) is 2.38. The second-order valence-electron chi connectivity index (χ2n) is 3.63. The number of halogens is 3. The lowest BCUT2D eigenvalue weighted by atomic mass is 10.2. The summed E-state index contributed by atoms with van der Waals surface area (Å²) < 4.78 is 32.7. The Morgan fingerprint density at radius 1 is 1.29 bits per heavy atom. The van der Waals surface area contributed by atoms with Crippen molar-refractivity contribution in [3.63, 3.8) is 0 Å². The van der Waals surface area contributed by atoms with E-state index in [-0.39, 0.29) is 17.8 Å². The van der Waals surface area contributed by atoms with Crippen LogP contribution in [0.25, 0.3) is 0 Å². The van der Waals surface area contributed by atoms with Gasteiger partial charge in [-0.05, 0) is 40.5 Å². The minimum absolute atomic E-state index is 0.122. The van der Waals surface area contributed by atoms with E-state index in [1.807, 2.05) is 0 Å². The highest BCUT2D eigenvalue weighted by Gasteiger charge is 2.08. The molecule has 0 aliphatic heterocycles. The maximum atomic E-state index is 13.5. The molecule has 0 aliphatic carbocycles. The topological polar surface area (TPSA) is 25.2 Å². The summed E-state index contributed by atoms with van der Waals surface area (Å²) in [7, 11) is 0. The van der Waals surface area contributed by atoms with Crippen LogP contribution in [-0.4, -0.2) is 0 Å². The van der Waals surface area contributed by atoms with Crippen LogP contribution < -0.4 is 5.32 Å². The summed E-state index contributed by atoms with van der Waals surface area (Å²) in [5.41, 5.74) is 0.406. The number of anilines is 1. The molecule has 0 saturated carbocycles. The Bertz CT molecular complexity index is 539. The van der Waals surface area contributed by atoms with Gasteiger partial charge >= 0.3 is 0 Å². The average molecular weight is 302 g/mol. The van der Waals surface area contributed by atoms with E-state index in [0.717, 1.165) is 16.6 Å². The van der Waals surface area contributed by atoms with Crippen molar-refractivity contribution in [3.8, 4) is 0 Å². The zero-order valence-corrected chi connectivity index (χ0v) is 10.6. The number of aryl methyl sites for hydroxylation is 1. The van der Waals surface area contributed by atoms with E-state index in [0.29, 0.717) is 5.76 Å². The summed E-state index contributed by atoms with van der Waals surface area (Å²) in [4.78, 5) is 0. The Morgan fingerprint density at radius 3 is 2.71 bits per heavy atom. The Labute approximate surface area is 106 Å². The third kappa shape index (κ3) is 2.66. The van der Waals surface area contributed by atoms with Gasteiger partial charge in [-0.15, -0.1) is 0 Å². The third-order valence-corrected chi connectivity index (χ3v) is 3.09. The summed E-state index contributed by atoms with van der Waals surface area (Å²) in [6.45, 7) is 1.80. The molecule has 1 heterocycles. The normalized spacial score (nSPS) is 10.6. The molecule has 0 spiro atoms. The lowest BCUT2D eigenvalue weighted by Crippen LogP contribution is -2.02. The lowest BCUT2D eigenvalue weighted by molar-refractivity contribution is 0.515. The van der Waals surface area contributed by atoms with E-state index >= 15 is 0 Å². The van der Waals surface area contributed by atoms with E-state index in [9.17, 15) is 8.78 Å². The van der Waals surface area contributed by atoms with Gasteiger partial charge in [0.05, 0.1) is 23.0 Å². The highest BCUT2D eigenvalue weighted by atomic mass is 79.9. The summed E-state index contributed by atoms with van der Waals surface area (Å²) in [5, 5.41) is 2.79. The lowest BCUT2D eigenvalue weighted by Gasteiger charge is -2.07. The molecule has 2 nitrogen and oxygen atoms in total. The van der Waals surface area contributed by atoms with Gasteiger partial charge in [0.25, 0.3) is 0 Å². The summed E-state index contributed by atoms with van der Waals surface area (Å²) in [6, 6.07) is 4.04. The molecule has 0 radical (unpaired) electrons. The molecule has 5 heteroatoms. The van der Waals surface area contributed by atoms with Crippen molar-refractivity contribution in [3.05, 3.63) is 51.9 Å². The first-order valence-corrected chi connectivity index (χ1v) is 5.78. The van der Waals surface area contributed by atoms with Crippen LogP contribution in [0.5, 0.6) is 0 Å². The fourth-order valence-corrected chi connectivity index (χ4v) is 1.75. The molecule has 0 fully saturated rings. The van der Waals surface area contributed by atoms with Crippen molar-refractivity contribution >= 4 is 21.6 Å². The molecule has 0 unspecified atom stereocenters. The predicted molar refractivity (Wildman–Crippen MR) is 64.8 cm³/mol. The molecule has 2 rings (SSSR count). The molecule has 0 bridgehead atoms. The van der Waals surface area contributed by atoms with Crippen LogP contribution in [0.15, 0.2) is 33.4 Å². The van der Waals surface area contributed by atoms with Crippen LogP contribution in [0.3, 0.4) is 0 Å². The SMILES string of the molecule is Cc1cc(F)c(NCc2occc2Br)cc1F. The molecule has 17 heavy (non-hydrogen) atoms. The fraction of sp³-hybridized carbons (Fsp3) is 0.167. The molecule has 1 aromatic heterocycles. The van der Waals surface area contributed by atoms with Crippen molar-refractivity contribution in [1.82, 2.24) is 0 Å². The van der Waals surface area contributed by atoms with E-state index < -0.39 is 11.6 Å². The fourth-order valence-electron chi connectivity index (χ4n) is 1.41. The predicted octanol–water partition coefficient (Wildman–Crippen LogP) is 4.24. The Morgan fingerprint density at radius 2 is 2.06 bits per heavy atom. The maximum Gasteiger partial charge on any atom is 0.146 e. The van der Waals surface area contributed by atoms with Gasteiger partial charge in [-0.2, -0.15) is 0 Å². The van der Waals surface area contributed by atoms with Crippen LogP contribution in [0.2, 0.25) is 0 Å². The van der Waals surface area contributed by atoms with Crippen molar-refractivity contribution in [2.24, 2.45) is 0 Å². The highest BCUT2D eigenvalue weighted by Crippen LogP contribution is 2.22. The molecule has 1 aromatic carbocycles. The first-order valence-electron chi connectivity index (χ1n) is 4.99. The zero-order valence-electron chi connectivity index (χ0n) is 9.06. The molecule has 0 amide bonds. The van der Waals surface area contributed by atoms with Crippen molar-refractivity contribution in [2.75, 3.05) is 5.32 Å². The summed E-state index contributed by atoms with van der Waals surface area (Å²) >= 11 is 3.28. The minimum Gasteiger partial charge on any atom is -0.466 e. The van der Waals surface area contributed by atoms with E-state index in [4.69, 9.17) is 4.42 Å². The van der Waals surface area contributed by atoms with Gasteiger partial charge in [0.1, 0.15) is 17.4 Å². The summed E-state index contributed by atoms with van der Waals surface area (Å²) in [6.07, 6.45) is 1.52. The van der Waals surface area contributed by atoms with Crippen LogP contribution >= 0.6 is 15.9 Å². The number of furan rings is 1. The Hall–Kier alpha value is -1.36. The molecular formula is C12H10BrF2NO. The molecule has 0 atom stereocenters. The van der Waals surface area contributed by atoms with Crippen LogP contribution in [0, 0.1) is 18.6 Å². The van der Waals surface area contributed by atoms with E-state index in [2.05, 4.69) is 21.2 Å². The van der Waals surface area contributed by atoms with Crippen LogP contribution in [-0.2, 0) is 6.54 Å². The molecule has 2 aromatic rings. The first kappa shape index (κ1) is 12.1. The Balaban J connectivity index is 2.14. The minimum atomic E-state index is -0.480.